The summed E-state index contributed by atoms with van der Waals surface area (Å²) in [5, 5.41) is 27.1. The fraction of sp³-hybridized carbons (Fsp3) is 0.615. The van der Waals surface area contributed by atoms with Crippen LogP contribution in [0.25, 0.3) is 0 Å². The standard InChI is InChI=1S/C13H20N4O3/c1-14-11-7-10(17(19)20)8-12(16-11)15-9-13(18)5-3-2-4-6-13/h7-8,18H,2-6,9H2,1H3,(H2,14,15,16). The molecule has 0 amide bonds. The predicted molar refractivity (Wildman–Crippen MR) is 77.0 cm³/mol. The van der Waals surface area contributed by atoms with E-state index in [4.69, 9.17) is 0 Å². The molecule has 1 saturated carbocycles. The highest BCUT2D eigenvalue weighted by atomic mass is 16.6. The fourth-order valence-electron chi connectivity index (χ4n) is 2.48. The van der Waals surface area contributed by atoms with Gasteiger partial charge < -0.3 is 15.7 Å². The maximum atomic E-state index is 10.9. The molecule has 0 saturated heterocycles. The minimum absolute atomic E-state index is 0.0255. The lowest BCUT2D eigenvalue weighted by atomic mass is 9.85. The monoisotopic (exact) mass is 280 g/mol. The van der Waals surface area contributed by atoms with Crippen molar-refractivity contribution in [1.82, 2.24) is 4.98 Å². The fourth-order valence-corrected chi connectivity index (χ4v) is 2.48. The van der Waals surface area contributed by atoms with Crippen molar-refractivity contribution in [3.63, 3.8) is 0 Å². The molecule has 0 aliphatic heterocycles. The van der Waals surface area contributed by atoms with Gasteiger partial charge in [0.25, 0.3) is 5.69 Å². The smallest absolute Gasteiger partial charge is 0.276 e. The van der Waals surface area contributed by atoms with Crippen LogP contribution < -0.4 is 10.6 Å². The second-order valence-corrected chi connectivity index (χ2v) is 5.24. The van der Waals surface area contributed by atoms with Crippen molar-refractivity contribution in [1.29, 1.82) is 0 Å². The summed E-state index contributed by atoms with van der Waals surface area (Å²) in [5.41, 5.74) is -0.757. The van der Waals surface area contributed by atoms with E-state index in [1.807, 2.05) is 0 Å². The number of rotatable bonds is 5. The number of hydrogen-bond donors (Lipinski definition) is 3. The van der Waals surface area contributed by atoms with Crippen LogP contribution in [0.2, 0.25) is 0 Å². The summed E-state index contributed by atoms with van der Waals surface area (Å²) in [7, 11) is 1.66. The zero-order valence-electron chi connectivity index (χ0n) is 11.6. The van der Waals surface area contributed by atoms with E-state index in [1.54, 1.807) is 7.05 Å². The molecule has 1 aliphatic rings. The first kappa shape index (κ1) is 14.5. The van der Waals surface area contributed by atoms with Crippen LogP contribution in [0.3, 0.4) is 0 Å². The van der Waals surface area contributed by atoms with Crippen molar-refractivity contribution in [3.05, 3.63) is 22.2 Å². The summed E-state index contributed by atoms with van der Waals surface area (Å²) in [4.78, 5) is 14.6. The molecule has 110 valence electrons. The lowest BCUT2D eigenvalue weighted by Crippen LogP contribution is -2.38. The molecule has 20 heavy (non-hydrogen) atoms. The number of nitrogens with zero attached hydrogens (tertiary/aromatic N) is 2. The average molecular weight is 280 g/mol. The van der Waals surface area contributed by atoms with Gasteiger partial charge in [-0.05, 0) is 12.8 Å². The topological polar surface area (TPSA) is 100 Å². The van der Waals surface area contributed by atoms with Crippen molar-refractivity contribution in [2.75, 3.05) is 24.2 Å². The van der Waals surface area contributed by atoms with Gasteiger partial charge in [-0.2, -0.15) is 0 Å². The minimum Gasteiger partial charge on any atom is -0.388 e. The number of pyridine rings is 1. The average Bonchev–Trinajstić information content (AvgIpc) is 2.45. The van der Waals surface area contributed by atoms with E-state index in [1.165, 1.54) is 12.1 Å². The van der Waals surface area contributed by atoms with Crippen molar-refractivity contribution in [2.45, 2.75) is 37.7 Å². The summed E-state index contributed by atoms with van der Waals surface area (Å²) in [6, 6.07) is 2.76. The van der Waals surface area contributed by atoms with E-state index in [-0.39, 0.29) is 5.69 Å². The largest absolute Gasteiger partial charge is 0.388 e. The van der Waals surface area contributed by atoms with Gasteiger partial charge in [-0.1, -0.05) is 19.3 Å². The number of aromatic nitrogens is 1. The van der Waals surface area contributed by atoms with Crippen molar-refractivity contribution < 1.29 is 10.0 Å². The van der Waals surface area contributed by atoms with Crippen molar-refractivity contribution in [2.24, 2.45) is 0 Å². The third-order valence-corrected chi connectivity index (χ3v) is 3.66. The van der Waals surface area contributed by atoms with Gasteiger partial charge in [0.05, 0.1) is 22.7 Å². The van der Waals surface area contributed by atoms with E-state index in [0.29, 0.717) is 18.2 Å². The number of hydrogen-bond acceptors (Lipinski definition) is 6. The lowest BCUT2D eigenvalue weighted by Gasteiger charge is -2.32. The molecule has 1 aromatic heterocycles. The van der Waals surface area contributed by atoms with Crippen molar-refractivity contribution in [3.8, 4) is 0 Å². The Balaban J connectivity index is 2.08. The molecule has 0 radical (unpaired) electrons. The second-order valence-electron chi connectivity index (χ2n) is 5.24. The van der Waals surface area contributed by atoms with E-state index in [2.05, 4.69) is 15.6 Å². The Morgan fingerprint density at radius 1 is 1.35 bits per heavy atom. The van der Waals surface area contributed by atoms with Crippen LogP contribution in [0.15, 0.2) is 12.1 Å². The second kappa shape index (κ2) is 6.04. The predicted octanol–water partition coefficient (Wildman–Crippen LogP) is 2.14. The Bertz CT molecular complexity index is 487. The Hall–Kier alpha value is -1.89. The molecule has 7 nitrogen and oxygen atoms in total. The van der Waals surface area contributed by atoms with Gasteiger partial charge in [0.1, 0.15) is 11.6 Å². The quantitative estimate of drug-likeness (QED) is 0.564. The van der Waals surface area contributed by atoms with Gasteiger partial charge in [0, 0.05) is 13.6 Å². The van der Waals surface area contributed by atoms with Crippen LogP contribution >= 0.6 is 0 Å². The molecular weight excluding hydrogens is 260 g/mol. The number of nitrogens with one attached hydrogen (secondary N) is 2. The summed E-state index contributed by atoms with van der Waals surface area (Å²) in [5.74, 6) is 0.833. The van der Waals surface area contributed by atoms with Gasteiger partial charge in [-0.15, -0.1) is 0 Å². The molecule has 1 fully saturated rings. The first-order valence-corrected chi connectivity index (χ1v) is 6.83. The molecule has 0 spiro atoms. The zero-order chi connectivity index (χ0) is 14.6. The summed E-state index contributed by atoms with van der Waals surface area (Å²) in [6.45, 7) is 0.365. The Morgan fingerprint density at radius 2 is 2.00 bits per heavy atom. The van der Waals surface area contributed by atoms with Gasteiger partial charge in [0.2, 0.25) is 0 Å². The molecule has 2 rings (SSSR count). The molecule has 0 atom stereocenters. The van der Waals surface area contributed by atoms with Gasteiger partial charge in [-0.25, -0.2) is 4.98 Å². The summed E-state index contributed by atoms with van der Waals surface area (Å²) >= 11 is 0. The molecule has 0 bridgehead atoms. The molecule has 0 unspecified atom stereocenters. The third kappa shape index (κ3) is 3.57. The lowest BCUT2D eigenvalue weighted by molar-refractivity contribution is -0.384. The molecular formula is C13H20N4O3. The highest BCUT2D eigenvalue weighted by Crippen LogP contribution is 2.28. The molecule has 1 aromatic rings. The summed E-state index contributed by atoms with van der Waals surface area (Å²) < 4.78 is 0. The normalized spacial score (nSPS) is 17.5. The van der Waals surface area contributed by atoms with Crippen LogP contribution in [-0.2, 0) is 0 Å². The van der Waals surface area contributed by atoms with Crippen LogP contribution in [0, 0.1) is 10.1 Å². The van der Waals surface area contributed by atoms with Gasteiger partial charge >= 0.3 is 0 Å². The van der Waals surface area contributed by atoms with E-state index < -0.39 is 10.5 Å². The molecule has 7 heteroatoms. The van der Waals surface area contributed by atoms with Gasteiger partial charge in [-0.3, -0.25) is 10.1 Å². The minimum atomic E-state index is -0.732. The maximum Gasteiger partial charge on any atom is 0.276 e. The van der Waals surface area contributed by atoms with Crippen molar-refractivity contribution >= 4 is 17.3 Å². The SMILES string of the molecule is CNc1cc([N+](=O)[O-])cc(NCC2(O)CCCCC2)n1. The van der Waals surface area contributed by atoms with Crippen LogP contribution in [0.4, 0.5) is 17.3 Å². The molecule has 3 N–H and O–H groups in total. The first-order valence-electron chi connectivity index (χ1n) is 6.83. The Morgan fingerprint density at radius 3 is 2.60 bits per heavy atom. The Labute approximate surface area is 117 Å². The van der Waals surface area contributed by atoms with E-state index >= 15 is 0 Å². The zero-order valence-corrected chi connectivity index (χ0v) is 11.6. The van der Waals surface area contributed by atoms with Gasteiger partial charge in [0.15, 0.2) is 0 Å². The Kier molecular flexibility index (Phi) is 4.39. The number of nitro groups is 1. The third-order valence-electron chi connectivity index (χ3n) is 3.66. The molecule has 1 aliphatic carbocycles. The number of aliphatic hydroxyl groups is 1. The first-order chi connectivity index (χ1) is 9.52. The van der Waals surface area contributed by atoms with E-state index in [0.717, 1.165) is 32.1 Å². The summed E-state index contributed by atoms with van der Waals surface area (Å²) in [6.07, 6.45) is 4.70. The van der Waals surface area contributed by atoms with E-state index in [9.17, 15) is 15.2 Å². The van der Waals surface area contributed by atoms with Crippen LogP contribution in [-0.4, -0.2) is 34.2 Å². The number of anilines is 2. The highest BCUT2D eigenvalue weighted by Gasteiger charge is 2.29. The molecule has 0 aromatic carbocycles. The maximum absolute atomic E-state index is 10.9. The highest BCUT2D eigenvalue weighted by molar-refractivity contribution is 5.54. The van der Waals surface area contributed by atoms with Crippen LogP contribution in [0.1, 0.15) is 32.1 Å². The van der Waals surface area contributed by atoms with Crippen LogP contribution in [0.5, 0.6) is 0 Å². The molecule has 1 heterocycles.